The molecule has 0 spiro atoms. The minimum absolute atomic E-state index is 0. The van der Waals surface area contributed by atoms with Crippen LogP contribution in [-0.2, 0) is 0 Å². The zero-order valence-electron chi connectivity index (χ0n) is 12.0. The van der Waals surface area contributed by atoms with Gasteiger partial charge in [-0.2, -0.15) is 0 Å². The first-order valence-electron chi connectivity index (χ1n) is 5.90. The first-order chi connectivity index (χ1) is 8.13. The first-order valence-corrected chi connectivity index (χ1v) is 5.90. The van der Waals surface area contributed by atoms with Crippen molar-refractivity contribution >= 4 is 24.1 Å². The van der Waals surface area contributed by atoms with Crippen LogP contribution in [0.1, 0.15) is 52.9 Å². The summed E-state index contributed by atoms with van der Waals surface area (Å²) in [7, 11) is 0. The summed E-state index contributed by atoms with van der Waals surface area (Å²) >= 11 is 0. The molecule has 1 aromatic heterocycles. The van der Waals surface area contributed by atoms with Crippen molar-refractivity contribution in [2.75, 3.05) is 6.54 Å². The molecule has 0 saturated heterocycles. The van der Waals surface area contributed by atoms with E-state index in [-0.39, 0.29) is 24.1 Å². The molecule has 108 valence electrons. The van der Waals surface area contributed by atoms with Gasteiger partial charge in [0, 0.05) is 23.3 Å². The molecular weight excluding hydrogens is 266 g/mol. The van der Waals surface area contributed by atoms with Gasteiger partial charge < -0.3 is 16.0 Å². The second-order valence-corrected chi connectivity index (χ2v) is 5.35. The lowest BCUT2D eigenvalue weighted by molar-refractivity contribution is 0.0940. The number of aromatic nitrogens is 1. The van der Waals surface area contributed by atoms with E-state index >= 15 is 0 Å². The minimum atomic E-state index is -0.464. The molecular formula is C13H22ClN3O2. The zero-order valence-corrected chi connectivity index (χ0v) is 12.8. The zero-order chi connectivity index (χ0) is 14.1. The number of nitrogens with one attached hydrogen (secondary N) is 2. The van der Waals surface area contributed by atoms with Gasteiger partial charge in [-0.05, 0) is 40.2 Å². The normalized spacial score (nSPS) is 10.8. The summed E-state index contributed by atoms with van der Waals surface area (Å²) in [6, 6.07) is 0. The lowest BCUT2D eigenvalue weighted by atomic mass is 10.1. The smallest absolute Gasteiger partial charge is 0.268 e. The Morgan fingerprint density at radius 2 is 1.84 bits per heavy atom. The molecule has 0 bridgehead atoms. The first kappa shape index (κ1) is 17.7. The third kappa shape index (κ3) is 4.36. The van der Waals surface area contributed by atoms with E-state index in [0.29, 0.717) is 23.4 Å². The predicted molar refractivity (Wildman–Crippen MR) is 78.1 cm³/mol. The van der Waals surface area contributed by atoms with Crippen molar-refractivity contribution < 1.29 is 9.59 Å². The van der Waals surface area contributed by atoms with Crippen molar-refractivity contribution in [3.8, 4) is 0 Å². The molecule has 5 nitrogen and oxygen atoms in total. The summed E-state index contributed by atoms with van der Waals surface area (Å²) in [6.45, 7) is 9.09. The van der Waals surface area contributed by atoms with Crippen LogP contribution in [0.2, 0.25) is 0 Å². The Hall–Kier alpha value is -1.33. The molecule has 0 aliphatic carbocycles. The maximum Gasteiger partial charge on any atom is 0.268 e. The van der Waals surface area contributed by atoms with Crippen LogP contribution < -0.4 is 11.1 Å². The molecule has 1 aromatic rings. The van der Waals surface area contributed by atoms with E-state index in [2.05, 4.69) is 10.3 Å². The molecule has 19 heavy (non-hydrogen) atoms. The van der Waals surface area contributed by atoms with Crippen LogP contribution in [0.15, 0.2) is 0 Å². The van der Waals surface area contributed by atoms with Crippen molar-refractivity contribution in [2.24, 2.45) is 5.73 Å². The summed E-state index contributed by atoms with van der Waals surface area (Å²) in [5.41, 5.74) is 7.77. The van der Waals surface area contributed by atoms with Gasteiger partial charge in [0.25, 0.3) is 5.91 Å². The molecule has 0 fully saturated rings. The molecule has 1 heterocycles. The number of halogens is 1. The van der Waals surface area contributed by atoms with Gasteiger partial charge in [0.15, 0.2) is 5.78 Å². The molecule has 0 aliphatic heterocycles. The Balaban J connectivity index is 0.00000324. The summed E-state index contributed by atoms with van der Waals surface area (Å²) in [6.07, 6.45) is 0. The van der Waals surface area contributed by atoms with Crippen LogP contribution in [0, 0.1) is 13.8 Å². The van der Waals surface area contributed by atoms with E-state index in [1.54, 1.807) is 13.8 Å². The van der Waals surface area contributed by atoms with Crippen LogP contribution in [0.25, 0.3) is 0 Å². The Morgan fingerprint density at radius 3 is 2.21 bits per heavy atom. The minimum Gasteiger partial charge on any atom is -0.354 e. The molecule has 0 saturated carbocycles. The van der Waals surface area contributed by atoms with Gasteiger partial charge >= 0.3 is 0 Å². The maximum atomic E-state index is 12.0. The highest BCUT2D eigenvalue weighted by Crippen LogP contribution is 2.18. The van der Waals surface area contributed by atoms with Crippen molar-refractivity contribution in [1.82, 2.24) is 10.3 Å². The number of carbonyl (C=O) groups is 2. The van der Waals surface area contributed by atoms with Crippen molar-refractivity contribution in [1.29, 1.82) is 0 Å². The van der Waals surface area contributed by atoms with Crippen LogP contribution >= 0.6 is 12.4 Å². The SMILES string of the molecule is CC(=O)c1c(C)[nH]c(C(=O)NCC(C)(C)N)c1C.Cl. The topological polar surface area (TPSA) is 88.0 Å². The number of aryl methyl sites for hydroxylation is 1. The molecule has 0 aliphatic rings. The van der Waals surface area contributed by atoms with E-state index in [1.807, 2.05) is 13.8 Å². The standard InChI is InChI=1S/C13H21N3O2.ClH/c1-7-10(9(3)17)8(2)16-11(7)12(18)15-6-13(4,5)14;/h16H,6,14H2,1-5H3,(H,15,18);1H. The number of ketones is 1. The van der Waals surface area contributed by atoms with E-state index in [4.69, 9.17) is 5.73 Å². The molecule has 1 amide bonds. The second kappa shape index (κ2) is 6.21. The van der Waals surface area contributed by atoms with Crippen LogP contribution in [-0.4, -0.2) is 28.8 Å². The molecule has 4 N–H and O–H groups in total. The molecule has 0 aromatic carbocycles. The Kier molecular flexibility index (Phi) is 5.78. The fourth-order valence-corrected chi connectivity index (χ4v) is 1.90. The van der Waals surface area contributed by atoms with E-state index in [9.17, 15) is 9.59 Å². The number of hydrogen-bond acceptors (Lipinski definition) is 3. The molecule has 0 atom stereocenters. The average molecular weight is 288 g/mol. The molecule has 0 radical (unpaired) electrons. The highest BCUT2D eigenvalue weighted by molar-refractivity contribution is 6.02. The van der Waals surface area contributed by atoms with Gasteiger partial charge in [-0.15, -0.1) is 12.4 Å². The molecule has 1 rings (SSSR count). The molecule has 6 heteroatoms. The number of amides is 1. The Labute approximate surface area is 119 Å². The highest BCUT2D eigenvalue weighted by atomic mass is 35.5. The van der Waals surface area contributed by atoms with Gasteiger partial charge in [-0.25, -0.2) is 0 Å². The van der Waals surface area contributed by atoms with E-state index in [0.717, 1.165) is 5.69 Å². The van der Waals surface area contributed by atoms with Gasteiger partial charge in [0.1, 0.15) is 5.69 Å². The number of hydrogen-bond donors (Lipinski definition) is 3. The quantitative estimate of drug-likeness (QED) is 0.737. The largest absolute Gasteiger partial charge is 0.354 e. The van der Waals surface area contributed by atoms with Crippen molar-refractivity contribution in [3.63, 3.8) is 0 Å². The fourth-order valence-electron chi connectivity index (χ4n) is 1.90. The van der Waals surface area contributed by atoms with E-state index in [1.165, 1.54) is 6.92 Å². The highest BCUT2D eigenvalue weighted by Gasteiger charge is 2.20. The summed E-state index contributed by atoms with van der Waals surface area (Å²) < 4.78 is 0. The summed E-state index contributed by atoms with van der Waals surface area (Å²) in [4.78, 5) is 26.4. The maximum absolute atomic E-state index is 12.0. The number of Topliss-reactive ketones (excluding diaryl/α,β-unsaturated/α-hetero) is 1. The number of rotatable bonds is 4. The average Bonchev–Trinajstić information content (AvgIpc) is 2.49. The summed E-state index contributed by atoms with van der Waals surface area (Å²) in [5.74, 6) is -0.277. The van der Waals surface area contributed by atoms with Gasteiger partial charge in [-0.3, -0.25) is 9.59 Å². The molecule has 0 unspecified atom stereocenters. The van der Waals surface area contributed by atoms with Crippen LogP contribution in [0.5, 0.6) is 0 Å². The third-order valence-electron chi connectivity index (χ3n) is 2.72. The van der Waals surface area contributed by atoms with Crippen LogP contribution in [0.3, 0.4) is 0 Å². The predicted octanol–water partition coefficient (Wildman–Crippen LogP) is 1.72. The fraction of sp³-hybridized carbons (Fsp3) is 0.538. The van der Waals surface area contributed by atoms with Crippen molar-refractivity contribution in [3.05, 3.63) is 22.5 Å². The van der Waals surface area contributed by atoms with Gasteiger partial charge in [-0.1, -0.05) is 0 Å². The van der Waals surface area contributed by atoms with Gasteiger partial charge in [0.05, 0.1) is 0 Å². The monoisotopic (exact) mass is 287 g/mol. The number of nitrogens with two attached hydrogens (primary N) is 1. The number of aromatic amines is 1. The number of carbonyl (C=O) groups excluding carboxylic acids is 2. The lowest BCUT2D eigenvalue weighted by Crippen LogP contribution is -2.45. The van der Waals surface area contributed by atoms with E-state index < -0.39 is 5.54 Å². The van der Waals surface area contributed by atoms with Crippen molar-refractivity contribution in [2.45, 2.75) is 40.2 Å². The van der Waals surface area contributed by atoms with Gasteiger partial charge in [0.2, 0.25) is 0 Å². The summed E-state index contributed by atoms with van der Waals surface area (Å²) in [5, 5.41) is 2.75. The van der Waals surface area contributed by atoms with Crippen LogP contribution in [0.4, 0.5) is 0 Å². The second-order valence-electron chi connectivity index (χ2n) is 5.35. The Morgan fingerprint density at radius 1 is 1.32 bits per heavy atom. The third-order valence-corrected chi connectivity index (χ3v) is 2.72. The number of H-pyrrole nitrogens is 1. The Bertz CT molecular complexity index is 487. The lowest BCUT2D eigenvalue weighted by Gasteiger charge is -2.18.